The van der Waals surface area contributed by atoms with Crippen LogP contribution in [0.25, 0.3) is 0 Å². The molecule has 1 heterocycles. The molecule has 0 saturated carbocycles. The lowest BCUT2D eigenvalue weighted by Gasteiger charge is -2.00. The third-order valence-electron chi connectivity index (χ3n) is 2.24. The van der Waals surface area contributed by atoms with Gasteiger partial charge >= 0.3 is 0 Å². The number of hydrogen-bond acceptors (Lipinski definition) is 2. The van der Waals surface area contributed by atoms with E-state index in [0.717, 1.165) is 18.5 Å². The van der Waals surface area contributed by atoms with Gasteiger partial charge < -0.3 is 5.21 Å². The number of nitrogens with zero attached hydrogens (tertiary/aromatic N) is 2. The predicted octanol–water partition coefficient (Wildman–Crippen LogP) is 1.50. The largest absolute Gasteiger partial charge is 0.594 e. The lowest BCUT2D eigenvalue weighted by Crippen LogP contribution is -2.31. The van der Waals surface area contributed by atoms with Crippen LogP contribution in [0.5, 0.6) is 0 Å². The van der Waals surface area contributed by atoms with E-state index in [9.17, 15) is 5.21 Å². The standard InChI is InChI=1S/C12H12N2O/c15-14-10-4-7-12(13-14)9-8-11-5-2-1-3-6-11/h1-7,10H,8-9H2. The van der Waals surface area contributed by atoms with Crippen LogP contribution in [-0.2, 0) is 12.8 Å². The van der Waals surface area contributed by atoms with E-state index in [1.165, 1.54) is 11.8 Å². The summed E-state index contributed by atoms with van der Waals surface area (Å²) in [7, 11) is 0. The Labute approximate surface area is 88.6 Å². The van der Waals surface area contributed by atoms with Gasteiger partial charge in [0.2, 0.25) is 6.20 Å². The maximum absolute atomic E-state index is 10.9. The SMILES string of the molecule is [O-][n+]1cccc(CCc2ccccc2)n1. The Bertz CT molecular complexity index is 429. The van der Waals surface area contributed by atoms with Crippen LogP contribution in [0, 0.1) is 5.21 Å². The molecule has 2 rings (SSSR count). The van der Waals surface area contributed by atoms with Crippen molar-refractivity contribution in [1.29, 1.82) is 0 Å². The van der Waals surface area contributed by atoms with Gasteiger partial charge in [-0.1, -0.05) is 35.2 Å². The average molecular weight is 200 g/mol. The summed E-state index contributed by atoms with van der Waals surface area (Å²) in [6.45, 7) is 0. The van der Waals surface area contributed by atoms with Crippen molar-refractivity contribution in [2.24, 2.45) is 0 Å². The Kier molecular flexibility index (Phi) is 2.93. The van der Waals surface area contributed by atoms with Crippen molar-refractivity contribution >= 4 is 0 Å². The highest BCUT2D eigenvalue weighted by Crippen LogP contribution is 2.03. The highest BCUT2D eigenvalue weighted by Gasteiger charge is 1.99. The van der Waals surface area contributed by atoms with Crippen molar-refractivity contribution in [1.82, 2.24) is 5.10 Å². The van der Waals surface area contributed by atoms with Gasteiger partial charge in [0.05, 0.1) is 0 Å². The molecule has 0 spiro atoms. The minimum atomic E-state index is 0.598. The molecule has 0 N–H and O–H groups in total. The second-order valence-corrected chi connectivity index (χ2v) is 3.39. The Morgan fingerprint density at radius 3 is 2.53 bits per heavy atom. The lowest BCUT2D eigenvalue weighted by molar-refractivity contribution is -0.670. The van der Waals surface area contributed by atoms with E-state index < -0.39 is 0 Å². The first-order valence-electron chi connectivity index (χ1n) is 4.94. The normalized spacial score (nSPS) is 10.1. The molecule has 1 aromatic heterocycles. The number of hydrogen-bond donors (Lipinski definition) is 0. The molecule has 76 valence electrons. The van der Waals surface area contributed by atoms with Crippen LogP contribution < -0.4 is 4.85 Å². The average Bonchev–Trinajstić information content (AvgIpc) is 2.28. The Hall–Kier alpha value is -1.90. The minimum Gasteiger partial charge on any atom is -0.594 e. The van der Waals surface area contributed by atoms with Crippen LogP contribution in [0.4, 0.5) is 0 Å². The van der Waals surface area contributed by atoms with Gasteiger partial charge in [-0.3, -0.25) is 0 Å². The van der Waals surface area contributed by atoms with Crippen molar-refractivity contribution in [3.8, 4) is 0 Å². The number of aromatic nitrogens is 2. The van der Waals surface area contributed by atoms with E-state index in [0.29, 0.717) is 4.85 Å². The van der Waals surface area contributed by atoms with Gasteiger partial charge in [0.25, 0.3) is 0 Å². The first kappa shape index (κ1) is 9.65. The fourth-order valence-corrected chi connectivity index (χ4v) is 1.47. The number of benzene rings is 1. The quantitative estimate of drug-likeness (QED) is 0.556. The van der Waals surface area contributed by atoms with E-state index in [1.54, 1.807) is 6.07 Å². The van der Waals surface area contributed by atoms with Crippen LogP contribution in [0.3, 0.4) is 0 Å². The highest BCUT2D eigenvalue weighted by molar-refractivity contribution is 5.16. The van der Waals surface area contributed by atoms with Crippen molar-refractivity contribution in [3.63, 3.8) is 0 Å². The predicted molar refractivity (Wildman–Crippen MR) is 57.0 cm³/mol. The zero-order valence-corrected chi connectivity index (χ0v) is 8.34. The molecule has 15 heavy (non-hydrogen) atoms. The van der Waals surface area contributed by atoms with Crippen molar-refractivity contribution < 1.29 is 4.85 Å². The molecule has 0 aliphatic carbocycles. The Morgan fingerprint density at radius 1 is 1.00 bits per heavy atom. The molecule has 0 atom stereocenters. The molecule has 0 aliphatic heterocycles. The molecule has 0 unspecified atom stereocenters. The number of aryl methyl sites for hydroxylation is 2. The molecular formula is C12H12N2O. The molecule has 3 nitrogen and oxygen atoms in total. The van der Waals surface area contributed by atoms with Gasteiger partial charge in [0, 0.05) is 11.2 Å². The molecule has 1 aromatic carbocycles. The van der Waals surface area contributed by atoms with Crippen molar-refractivity contribution in [2.45, 2.75) is 12.8 Å². The fraction of sp³-hybridized carbons (Fsp3) is 0.167. The van der Waals surface area contributed by atoms with Gasteiger partial charge in [-0.25, -0.2) is 0 Å². The van der Waals surface area contributed by atoms with Crippen molar-refractivity contribution in [2.75, 3.05) is 0 Å². The maximum atomic E-state index is 10.9. The second-order valence-electron chi connectivity index (χ2n) is 3.39. The molecule has 0 radical (unpaired) electrons. The lowest BCUT2D eigenvalue weighted by atomic mass is 10.1. The maximum Gasteiger partial charge on any atom is 0.209 e. The van der Waals surface area contributed by atoms with E-state index in [2.05, 4.69) is 17.2 Å². The molecule has 0 amide bonds. The summed E-state index contributed by atoms with van der Waals surface area (Å²) >= 11 is 0. The minimum absolute atomic E-state index is 0.598. The Morgan fingerprint density at radius 2 is 1.80 bits per heavy atom. The molecule has 3 heteroatoms. The number of rotatable bonds is 3. The smallest absolute Gasteiger partial charge is 0.209 e. The highest BCUT2D eigenvalue weighted by atomic mass is 16.5. The molecular weight excluding hydrogens is 188 g/mol. The molecule has 0 aliphatic rings. The summed E-state index contributed by atoms with van der Waals surface area (Å²) in [6.07, 6.45) is 3.11. The summed E-state index contributed by atoms with van der Waals surface area (Å²) in [6, 6.07) is 13.8. The summed E-state index contributed by atoms with van der Waals surface area (Å²) in [5.41, 5.74) is 2.09. The van der Waals surface area contributed by atoms with Gasteiger partial charge in [-0.05, 0) is 24.5 Å². The molecule has 0 saturated heterocycles. The van der Waals surface area contributed by atoms with Gasteiger partial charge in [0.1, 0.15) is 5.69 Å². The van der Waals surface area contributed by atoms with E-state index in [4.69, 9.17) is 0 Å². The zero-order valence-electron chi connectivity index (χ0n) is 8.34. The summed E-state index contributed by atoms with van der Waals surface area (Å²) < 4.78 is 0. The van der Waals surface area contributed by atoms with Crippen LogP contribution in [-0.4, -0.2) is 5.10 Å². The van der Waals surface area contributed by atoms with Gasteiger partial charge in [0.15, 0.2) is 0 Å². The summed E-state index contributed by atoms with van der Waals surface area (Å²) in [5, 5.41) is 14.8. The first-order chi connectivity index (χ1) is 7.34. The van der Waals surface area contributed by atoms with E-state index in [-0.39, 0.29) is 0 Å². The summed E-state index contributed by atoms with van der Waals surface area (Å²) in [4.78, 5) is 0.598. The molecule has 0 fully saturated rings. The summed E-state index contributed by atoms with van der Waals surface area (Å²) in [5.74, 6) is 0. The van der Waals surface area contributed by atoms with Crippen LogP contribution in [0.15, 0.2) is 48.7 Å². The third-order valence-corrected chi connectivity index (χ3v) is 2.24. The second kappa shape index (κ2) is 4.55. The van der Waals surface area contributed by atoms with E-state index >= 15 is 0 Å². The third kappa shape index (κ3) is 2.77. The monoisotopic (exact) mass is 200 g/mol. The van der Waals surface area contributed by atoms with Crippen molar-refractivity contribution in [3.05, 3.63) is 65.1 Å². The van der Waals surface area contributed by atoms with Crippen LogP contribution in [0.2, 0.25) is 0 Å². The van der Waals surface area contributed by atoms with Crippen LogP contribution >= 0.6 is 0 Å². The zero-order chi connectivity index (χ0) is 10.5. The molecule has 0 bridgehead atoms. The Balaban J connectivity index is 1.99. The first-order valence-corrected chi connectivity index (χ1v) is 4.94. The molecule has 2 aromatic rings. The van der Waals surface area contributed by atoms with Gasteiger partial charge in [-0.15, -0.1) is 0 Å². The van der Waals surface area contributed by atoms with Gasteiger partial charge in [-0.2, -0.15) is 0 Å². The van der Waals surface area contributed by atoms with E-state index in [1.807, 2.05) is 24.3 Å². The van der Waals surface area contributed by atoms with Crippen LogP contribution in [0.1, 0.15) is 11.3 Å². The fourth-order valence-electron chi connectivity index (χ4n) is 1.47. The topological polar surface area (TPSA) is 39.8 Å².